The number of hydrogen-bond acceptors (Lipinski definition) is 6. The molecule has 0 radical (unpaired) electrons. The number of nitrogens with zero attached hydrogens (tertiary/aromatic N) is 3. The summed E-state index contributed by atoms with van der Waals surface area (Å²) in [5, 5.41) is 9.14. The highest BCUT2D eigenvalue weighted by atomic mass is 79.9. The molecule has 6 nitrogen and oxygen atoms in total. The number of para-hydroxylation sites is 1. The third kappa shape index (κ3) is 3.49. The van der Waals surface area contributed by atoms with Crippen LogP contribution in [-0.4, -0.2) is 28.1 Å². The van der Waals surface area contributed by atoms with Gasteiger partial charge in [0.15, 0.2) is 0 Å². The molecule has 2 atom stereocenters. The number of anilines is 1. The van der Waals surface area contributed by atoms with E-state index in [-0.39, 0.29) is 12.1 Å². The fraction of sp³-hybridized carbons (Fsp3) is 0.154. The number of aromatic nitrogens is 3. The normalized spacial score (nSPS) is 18.3. The first-order valence-corrected chi connectivity index (χ1v) is 12.8. The van der Waals surface area contributed by atoms with E-state index < -0.39 is 0 Å². The minimum Gasteiger partial charge on any atom is -0.497 e. The van der Waals surface area contributed by atoms with Crippen LogP contribution < -0.4 is 14.8 Å². The van der Waals surface area contributed by atoms with Crippen LogP contribution in [0.3, 0.4) is 0 Å². The lowest BCUT2D eigenvalue weighted by Gasteiger charge is -2.39. The van der Waals surface area contributed by atoms with Crippen LogP contribution in [0.4, 0.5) is 5.95 Å². The van der Waals surface area contributed by atoms with Crippen molar-refractivity contribution in [2.75, 3.05) is 18.7 Å². The topological polar surface area (TPSA) is 61.2 Å². The lowest BCUT2D eigenvalue weighted by Crippen LogP contribution is -2.32. The van der Waals surface area contributed by atoms with Crippen molar-refractivity contribution in [2.24, 2.45) is 0 Å². The van der Waals surface area contributed by atoms with Gasteiger partial charge in [-0.25, -0.2) is 4.68 Å². The van der Waals surface area contributed by atoms with Crippen molar-refractivity contribution in [1.82, 2.24) is 14.8 Å². The summed E-state index contributed by atoms with van der Waals surface area (Å²) in [6.45, 7) is 0. The molecule has 0 amide bonds. The van der Waals surface area contributed by atoms with Crippen LogP contribution in [-0.2, 0) is 0 Å². The van der Waals surface area contributed by atoms with Crippen LogP contribution in [0.25, 0.3) is 5.70 Å². The summed E-state index contributed by atoms with van der Waals surface area (Å²) in [6.07, 6.45) is 1.69. The van der Waals surface area contributed by atoms with E-state index in [0.717, 1.165) is 55.0 Å². The molecule has 170 valence electrons. The molecule has 3 aromatic carbocycles. The first-order chi connectivity index (χ1) is 16.7. The van der Waals surface area contributed by atoms with E-state index in [9.17, 15) is 0 Å². The molecule has 6 rings (SSSR count). The zero-order chi connectivity index (χ0) is 23.2. The molecule has 0 spiro atoms. The number of halogens is 1. The highest BCUT2D eigenvalue weighted by molar-refractivity contribution is 9.10. The van der Waals surface area contributed by atoms with Crippen molar-refractivity contribution in [3.8, 4) is 11.5 Å². The smallest absolute Gasteiger partial charge is 0.227 e. The molecule has 0 saturated carbocycles. The van der Waals surface area contributed by atoms with E-state index in [0.29, 0.717) is 0 Å². The van der Waals surface area contributed by atoms with E-state index in [1.807, 2.05) is 53.4 Å². The van der Waals surface area contributed by atoms with Crippen LogP contribution in [0.15, 0.2) is 88.0 Å². The maximum absolute atomic E-state index is 6.67. The average Bonchev–Trinajstić information content (AvgIpc) is 3.30. The van der Waals surface area contributed by atoms with E-state index >= 15 is 0 Å². The number of methoxy groups -OCH3 is 1. The largest absolute Gasteiger partial charge is 0.497 e. The Labute approximate surface area is 210 Å². The van der Waals surface area contributed by atoms with Crippen molar-refractivity contribution in [3.05, 3.63) is 99.5 Å². The van der Waals surface area contributed by atoms with Gasteiger partial charge in [-0.15, -0.1) is 5.10 Å². The fourth-order valence-corrected chi connectivity index (χ4v) is 5.18. The van der Waals surface area contributed by atoms with Crippen LogP contribution in [0, 0.1) is 0 Å². The van der Waals surface area contributed by atoms with Crippen molar-refractivity contribution in [2.45, 2.75) is 17.3 Å². The summed E-state index contributed by atoms with van der Waals surface area (Å²) in [7, 11) is 1.68. The van der Waals surface area contributed by atoms with Gasteiger partial charge in [0.1, 0.15) is 23.6 Å². The van der Waals surface area contributed by atoms with Crippen LogP contribution in [0.5, 0.6) is 11.5 Å². The van der Waals surface area contributed by atoms with E-state index in [2.05, 4.69) is 51.6 Å². The van der Waals surface area contributed by atoms with Gasteiger partial charge < -0.3 is 14.8 Å². The van der Waals surface area contributed by atoms with Gasteiger partial charge in [-0.2, -0.15) is 4.98 Å². The van der Waals surface area contributed by atoms with Gasteiger partial charge >= 0.3 is 0 Å². The third-order valence-corrected chi connectivity index (χ3v) is 7.21. The number of ether oxygens (including phenoxy) is 2. The summed E-state index contributed by atoms with van der Waals surface area (Å²) in [5.74, 6) is 2.37. The lowest BCUT2D eigenvalue weighted by atomic mass is 9.84. The molecular weight excluding hydrogens is 512 g/mol. The van der Waals surface area contributed by atoms with E-state index in [1.165, 1.54) is 11.8 Å². The number of thioether (sulfide) groups is 1. The highest BCUT2D eigenvalue weighted by Gasteiger charge is 2.41. The summed E-state index contributed by atoms with van der Waals surface area (Å²) in [4.78, 5) is 4.75. The van der Waals surface area contributed by atoms with Gasteiger partial charge in [-0.1, -0.05) is 64.1 Å². The zero-order valence-corrected chi connectivity index (χ0v) is 20.9. The second-order valence-electron chi connectivity index (χ2n) is 8.04. The Balaban J connectivity index is 1.61. The monoisotopic (exact) mass is 532 g/mol. The Bertz CT molecular complexity index is 1400. The van der Waals surface area contributed by atoms with Gasteiger partial charge in [-0.3, -0.25) is 0 Å². The van der Waals surface area contributed by atoms with Crippen LogP contribution in [0.1, 0.15) is 28.8 Å². The number of hydrogen-bond donors (Lipinski definition) is 1. The second-order valence-corrected chi connectivity index (χ2v) is 9.73. The predicted molar refractivity (Wildman–Crippen MR) is 137 cm³/mol. The summed E-state index contributed by atoms with van der Waals surface area (Å²) in [6, 6.07) is 24.4. The number of nitrogens with one attached hydrogen (secondary N) is 1. The van der Waals surface area contributed by atoms with E-state index in [1.54, 1.807) is 7.11 Å². The van der Waals surface area contributed by atoms with Crippen molar-refractivity contribution in [3.63, 3.8) is 0 Å². The SMILES string of the molecule is COc1ccc([C@@H]2C3=C(Nc4nc(SC)nn42)c2ccccc2O[C@H]3c2ccc(Br)cc2)cc1. The fourth-order valence-electron chi connectivity index (χ4n) is 4.56. The number of fused-ring (bicyclic) bond motifs is 3. The molecule has 1 aromatic heterocycles. The maximum atomic E-state index is 6.67. The molecular formula is C26H21BrN4O2S. The predicted octanol–water partition coefficient (Wildman–Crippen LogP) is 6.33. The van der Waals surface area contributed by atoms with Crippen LogP contribution >= 0.6 is 27.7 Å². The second kappa shape index (κ2) is 8.52. The molecule has 0 fully saturated rings. The van der Waals surface area contributed by atoms with Crippen molar-refractivity contribution >= 4 is 39.3 Å². The van der Waals surface area contributed by atoms with Crippen molar-refractivity contribution in [1.29, 1.82) is 0 Å². The summed E-state index contributed by atoms with van der Waals surface area (Å²) in [5.41, 5.74) is 5.28. The molecule has 34 heavy (non-hydrogen) atoms. The van der Waals surface area contributed by atoms with Gasteiger partial charge in [-0.05, 0) is 53.8 Å². The zero-order valence-electron chi connectivity index (χ0n) is 18.5. The third-order valence-electron chi connectivity index (χ3n) is 6.15. The first-order valence-electron chi connectivity index (χ1n) is 10.8. The van der Waals surface area contributed by atoms with Gasteiger partial charge in [0.2, 0.25) is 11.1 Å². The lowest BCUT2D eigenvalue weighted by molar-refractivity contribution is 0.223. The summed E-state index contributed by atoms with van der Waals surface area (Å²) >= 11 is 5.08. The Morgan fingerprint density at radius 3 is 2.47 bits per heavy atom. The van der Waals surface area contributed by atoms with Gasteiger partial charge in [0.25, 0.3) is 0 Å². The molecule has 0 saturated heterocycles. The Kier molecular flexibility index (Phi) is 5.34. The molecule has 0 bridgehead atoms. The Morgan fingerprint density at radius 1 is 1.00 bits per heavy atom. The molecule has 8 heteroatoms. The number of benzene rings is 3. The minimum atomic E-state index is -0.298. The van der Waals surface area contributed by atoms with Gasteiger partial charge in [0.05, 0.1) is 12.8 Å². The van der Waals surface area contributed by atoms with Crippen molar-refractivity contribution < 1.29 is 9.47 Å². The molecule has 2 aliphatic heterocycles. The van der Waals surface area contributed by atoms with Crippen LogP contribution in [0.2, 0.25) is 0 Å². The summed E-state index contributed by atoms with van der Waals surface area (Å²) < 4.78 is 15.1. The number of rotatable bonds is 4. The molecule has 1 N–H and O–H groups in total. The first kappa shape index (κ1) is 21.3. The molecule has 0 unspecified atom stereocenters. The van der Waals surface area contributed by atoms with E-state index in [4.69, 9.17) is 19.6 Å². The quantitative estimate of drug-likeness (QED) is 0.310. The standard InChI is InChI=1S/C26H21BrN4O2S/c1-32-18-13-9-15(10-14-18)23-21-22(28-25-29-26(34-2)30-31(23)25)19-5-3-4-6-20(19)33-24(21)16-7-11-17(27)12-8-16/h3-14,23-24H,1-2H3,(H,28,29,30)/t23-,24+/m1/s1. The highest BCUT2D eigenvalue weighted by Crippen LogP contribution is 2.51. The maximum Gasteiger partial charge on any atom is 0.227 e. The molecule has 0 aliphatic carbocycles. The Hall–Kier alpha value is -3.23. The average molecular weight is 533 g/mol. The molecule has 2 aliphatic rings. The molecule has 3 heterocycles. The molecule has 4 aromatic rings. The minimum absolute atomic E-state index is 0.201. The van der Waals surface area contributed by atoms with Gasteiger partial charge in [0, 0.05) is 15.6 Å². The Morgan fingerprint density at radius 2 is 1.74 bits per heavy atom.